The minimum Gasteiger partial charge on any atom is -0.316 e. The number of nitrogens with two attached hydrogens (primary N) is 1. The van der Waals surface area contributed by atoms with Crippen LogP contribution in [0.4, 0.5) is 5.69 Å². The van der Waals surface area contributed by atoms with Crippen LogP contribution in [0.15, 0.2) is 48.5 Å². The number of amides is 1. The van der Waals surface area contributed by atoms with Gasteiger partial charge in [0.15, 0.2) is 0 Å². The van der Waals surface area contributed by atoms with Crippen molar-refractivity contribution in [2.24, 2.45) is 5.73 Å². The molecular formula is C15H15ClN2O. The van der Waals surface area contributed by atoms with Crippen LogP contribution in [-0.2, 0) is 4.79 Å². The smallest absolute Gasteiger partial charge is 0.248 e. The van der Waals surface area contributed by atoms with Gasteiger partial charge in [0.1, 0.15) is 6.04 Å². The first-order valence-corrected chi connectivity index (χ1v) is 5.91. The minimum absolute atomic E-state index is 0. The number of para-hydroxylation sites is 1. The molecule has 19 heavy (non-hydrogen) atoms. The molecule has 0 unspecified atom stereocenters. The summed E-state index contributed by atoms with van der Waals surface area (Å²) in [6, 6.07) is 15.1. The maximum absolute atomic E-state index is 12.3. The number of hydrogen-bond acceptors (Lipinski definition) is 2. The summed E-state index contributed by atoms with van der Waals surface area (Å²) in [5, 5.41) is 0. The molecule has 98 valence electrons. The third kappa shape index (κ3) is 2.01. The van der Waals surface area contributed by atoms with E-state index in [-0.39, 0.29) is 18.3 Å². The van der Waals surface area contributed by atoms with Crippen molar-refractivity contribution in [1.29, 1.82) is 0 Å². The SMILES string of the molecule is CN1C(=O)[C@H](N)c2ccccc2-c2ccccc21.Cl. The van der Waals surface area contributed by atoms with Crippen molar-refractivity contribution in [3.8, 4) is 11.1 Å². The molecule has 0 fully saturated rings. The van der Waals surface area contributed by atoms with Crippen LogP contribution in [0.2, 0.25) is 0 Å². The molecule has 0 saturated carbocycles. The molecular weight excluding hydrogens is 260 g/mol. The molecule has 0 aromatic heterocycles. The second-order valence-corrected chi connectivity index (χ2v) is 4.48. The first-order chi connectivity index (χ1) is 8.70. The van der Waals surface area contributed by atoms with Crippen molar-refractivity contribution in [1.82, 2.24) is 0 Å². The average Bonchev–Trinajstić information content (AvgIpc) is 2.51. The second-order valence-electron chi connectivity index (χ2n) is 4.48. The summed E-state index contributed by atoms with van der Waals surface area (Å²) in [5.74, 6) is -0.0765. The van der Waals surface area contributed by atoms with Crippen molar-refractivity contribution in [3.63, 3.8) is 0 Å². The number of hydrogen-bond donors (Lipinski definition) is 1. The molecule has 1 heterocycles. The van der Waals surface area contributed by atoms with Gasteiger partial charge in [0.2, 0.25) is 5.91 Å². The number of benzene rings is 2. The van der Waals surface area contributed by atoms with Crippen LogP contribution in [0.5, 0.6) is 0 Å². The van der Waals surface area contributed by atoms with E-state index in [2.05, 4.69) is 0 Å². The number of carbonyl (C=O) groups is 1. The van der Waals surface area contributed by atoms with Crippen LogP contribution in [0.1, 0.15) is 11.6 Å². The number of rotatable bonds is 0. The lowest BCUT2D eigenvalue weighted by Gasteiger charge is -2.19. The first-order valence-electron chi connectivity index (χ1n) is 5.91. The van der Waals surface area contributed by atoms with E-state index in [4.69, 9.17) is 5.73 Å². The topological polar surface area (TPSA) is 46.3 Å². The highest BCUT2D eigenvalue weighted by Crippen LogP contribution is 2.38. The molecule has 0 radical (unpaired) electrons. The van der Waals surface area contributed by atoms with Crippen molar-refractivity contribution in [2.75, 3.05) is 11.9 Å². The van der Waals surface area contributed by atoms with E-state index in [0.717, 1.165) is 22.4 Å². The highest BCUT2D eigenvalue weighted by atomic mass is 35.5. The Morgan fingerprint density at radius 3 is 2.32 bits per heavy atom. The Labute approximate surface area is 118 Å². The van der Waals surface area contributed by atoms with Gasteiger partial charge in [-0.1, -0.05) is 42.5 Å². The summed E-state index contributed by atoms with van der Waals surface area (Å²) in [6.45, 7) is 0. The lowest BCUT2D eigenvalue weighted by Crippen LogP contribution is -2.34. The number of halogens is 1. The maximum Gasteiger partial charge on any atom is 0.248 e. The Morgan fingerprint density at radius 1 is 1.00 bits per heavy atom. The predicted octanol–water partition coefficient (Wildman–Crippen LogP) is 2.75. The summed E-state index contributed by atoms with van der Waals surface area (Å²) in [7, 11) is 1.77. The van der Waals surface area contributed by atoms with E-state index >= 15 is 0 Å². The van der Waals surface area contributed by atoms with Crippen LogP contribution in [-0.4, -0.2) is 13.0 Å². The zero-order valence-corrected chi connectivity index (χ0v) is 11.4. The van der Waals surface area contributed by atoms with E-state index < -0.39 is 6.04 Å². The maximum atomic E-state index is 12.3. The van der Waals surface area contributed by atoms with E-state index in [9.17, 15) is 4.79 Å². The number of anilines is 1. The molecule has 2 aromatic carbocycles. The predicted molar refractivity (Wildman–Crippen MR) is 79.5 cm³/mol. The first kappa shape index (κ1) is 13.6. The molecule has 2 aromatic rings. The van der Waals surface area contributed by atoms with Gasteiger partial charge < -0.3 is 10.6 Å². The molecule has 1 aliphatic rings. The fraction of sp³-hybridized carbons (Fsp3) is 0.133. The Hall–Kier alpha value is -1.84. The van der Waals surface area contributed by atoms with Gasteiger partial charge in [-0.05, 0) is 17.2 Å². The van der Waals surface area contributed by atoms with Crippen molar-refractivity contribution < 1.29 is 4.79 Å². The van der Waals surface area contributed by atoms with E-state index in [1.54, 1.807) is 11.9 Å². The number of fused-ring (bicyclic) bond motifs is 3. The van der Waals surface area contributed by atoms with Gasteiger partial charge in [0, 0.05) is 12.6 Å². The molecule has 1 aliphatic heterocycles. The van der Waals surface area contributed by atoms with Gasteiger partial charge in [-0.2, -0.15) is 0 Å². The fourth-order valence-electron chi connectivity index (χ4n) is 2.47. The molecule has 0 aliphatic carbocycles. The summed E-state index contributed by atoms with van der Waals surface area (Å²) < 4.78 is 0. The second kappa shape index (κ2) is 5.03. The van der Waals surface area contributed by atoms with Crippen LogP contribution in [0.25, 0.3) is 11.1 Å². The summed E-state index contributed by atoms with van der Waals surface area (Å²) >= 11 is 0. The standard InChI is InChI=1S/C15H14N2O.ClH/c1-17-13-9-5-4-7-11(13)10-6-2-3-8-12(10)14(16)15(17)18;/h2-9,14H,16H2,1H3;1H/t14-;/m1./s1. The summed E-state index contributed by atoms with van der Waals surface area (Å²) in [4.78, 5) is 13.9. The number of likely N-dealkylation sites (N-methyl/N-ethyl adjacent to an activating group) is 1. The number of nitrogens with zero attached hydrogens (tertiary/aromatic N) is 1. The lowest BCUT2D eigenvalue weighted by atomic mass is 9.96. The third-order valence-electron chi connectivity index (χ3n) is 3.45. The van der Waals surface area contributed by atoms with Crippen molar-refractivity contribution in [3.05, 3.63) is 54.1 Å². The molecule has 0 saturated heterocycles. The zero-order valence-electron chi connectivity index (χ0n) is 10.5. The van der Waals surface area contributed by atoms with Gasteiger partial charge in [-0.25, -0.2) is 0 Å². The average molecular weight is 275 g/mol. The van der Waals surface area contributed by atoms with Gasteiger partial charge in [0.25, 0.3) is 0 Å². The molecule has 3 nitrogen and oxygen atoms in total. The Morgan fingerprint density at radius 2 is 1.58 bits per heavy atom. The quantitative estimate of drug-likeness (QED) is 0.803. The van der Waals surface area contributed by atoms with E-state index in [1.807, 2.05) is 48.5 Å². The Kier molecular flexibility index (Phi) is 3.60. The van der Waals surface area contributed by atoms with E-state index in [1.165, 1.54) is 0 Å². The van der Waals surface area contributed by atoms with Gasteiger partial charge in [0.05, 0.1) is 5.69 Å². The number of carbonyl (C=O) groups excluding carboxylic acids is 1. The van der Waals surface area contributed by atoms with Gasteiger partial charge in [-0.15, -0.1) is 12.4 Å². The zero-order chi connectivity index (χ0) is 12.7. The highest BCUT2D eigenvalue weighted by Gasteiger charge is 2.28. The van der Waals surface area contributed by atoms with Crippen LogP contribution >= 0.6 is 12.4 Å². The van der Waals surface area contributed by atoms with E-state index in [0.29, 0.717) is 0 Å². The van der Waals surface area contributed by atoms with Crippen molar-refractivity contribution in [2.45, 2.75) is 6.04 Å². The van der Waals surface area contributed by atoms with Gasteiger partial charge >= 0.3 is 0 Å². The van der Waals surface area contributed by atoms with Crippen LogP contribution in [0.3, 0.4) is 0 Å². The monoisotopic (exact) mass is 274 g/mol. The van der Waals surface area contributed by atoms with Crippen LogP contribution in [0, 0.1) is 0 Å². The molecule has 4 heteroatoms. The Bertz CT molecular complexity index is 574. The largest absolute Gasteiger partial charge is 0.316 e. The normalized spacial score (nSPS) is 17.1. The molecule has 3 rings (SSSR count). The van der Waals surface area contributed by atoms with Crippen molar-refractivity contribution >= 4 is 24.0 Å². The lowest BCUT2D eigenvalue weighted by molar-refractivity contribution is -0.119. The molecule has 1 atom stereocenters. The van der Waals surface area contributed by atoms with Crippen LogP contribution < -0.4 is 10.6 Å². The highest BCUT2D eigenvalue weighted by molar-refractivity contribution is 6.04. The third-order valence-corrected chi connectivity index (χ3v) is 3.45. The molecule has 0 spiro atoms. The molecule has 0 bridgehead atoms. The minimum atomic E-state index is -0.599. The summed E-state index contributed by atoms with van der Waals surface area (Å²) in [5.41, 5.74) is 9.95. The molecule has 2 N–H and O–H groups in total. The fourth-order valence-corrected chi connectivity index (χ4v) is 2.47. The summed E-state index contributed by atoms with van der Waals surface area (Å²) in [6.07, 6.45) is 0. The molecule has 1 amide bonds. The van der Waals surface area contributed by atoms with Gasteiger partial charge in [-0.3, -0.25) is 4.79 Å². The Balaban J connectivity index is 0.00000133.